The van der Waals surface area contributed by atoms with E-state index in [2.05, 4.69) is 60.2 Å². The van der Waals surface area contributed by atoms with Gasteiger partial charge in [0.2, 0.25) is 0 Å². The van der Waals surface area contributed by atoms with Crippen molar-refractivity contribution in [3.63, 3.8) is 0 Å². The lowest BCUT2D eigenvalue weighted by atomic mass is 9.45. The molecule has 4 unspecified atom stereocenters. The van der Waals surface area contributed by atoms with Crippen molar-refractivity contribution in [3.05, 3.63) is 43.2 Å². The van der Waals surface area contributed by atoms with Crippen LogP contribution in [0.5, 0.6) is 0 Å². The van der Waals surface area contributed by atoms with E-state index in [9.17, 15) is 4.79 Å². The molecule has 2 aromatic heterocycles. The molecule has 5 aliphatic rings. The van der Waals surface area contributed by atoms with Gasteiger partial charge in [-0.15, -0.1) is 11.3 Å². The van der Waals surface area contributed by atoms with Crippen molar-refractivity contribution in [2.24, 2.45) is 29.1 Å². The van der Waals surface area contributed by atoms with Crippen molar-refractivity contribution in [2.45, 2.75) is 52.9 Å². The maximum absolute atomic E-state index is 13.4. The fraction of sp³-hybridized carbons (Fsp3) is 0.538. The molecule has 0 aromatic carbocycles. The van der Waals surface area contributed by atoms with Gasteiger partial charge in [-0.25, -0.2) is 4.68 Å². The normalized spacial score (nSPS) is 29.0. The standard InChI is InChI=1S/C26H29BrClN3OS/c1-13-4-7-20(19(28)8-13)31-24-16-11-22(27)33-21(16)10-17(24)23(30-31)25(32)29-12-14-5-6-15-9-18(14)26(15,2)3/h7-8,11,13-15,18H,4-6,9-10,12H2,1-3H3,(H,29,32). The number of allylic oxidation sites excluding steroid dienone is 4. The summed E-state index contributed by atoms with van der Waals surface area (Å²) in [4.78, 5) is 14.7. The van der Waals surface area contributed by atoms with Gasteiger partial charge < -0.3 is 5.32 Å². The third-order valence-corrected chi connectivity index (χ3v) is 10.6. The number of fused-ring (bicyclic) bond motifs is 5. The van der Waals surface area contributed by atoms with E-state index in [1.165, 1.54) is 24.1 Å². The van der Waals surface area contributed by atoms with Gasteiger partial charge in [-0.05, 0) is 76.8 Å². The van der Waals surface area contributed by atoms with Gasteiger partial charge in [0.05, 0.1) is 20.2 Å². The maximum atomic E-state index is 13.4. The van der Waals surface area contributed by atoms with Gasteiger partial charge in [-0.1, -0.05) is 44.5 Å². The summed E-state index contributed by atoms with van der Waals surface area (Å²) in [6, 6.07) is 2.15. The summed E-state index contributed by atoms with van der Waals surface area (Å²) in [5.74, 6) is 2.52. The van der Waals surface area contributed by atoms with E-state index >= 15 is 0 Å². The van der Waals surface area contributed by atoms with Crippen LogP contribution in [0.1, 0.15) is 67.4 Å². The first kappa shape index (κ1) is 22.1. The van der Waals surface area contributed by atoms with E-state index in [-0.39, 0.29) is 5.91 Å². The monoisotopic (exact) mass is 545 g/mol. The van der Waals surface area contributed by atoms with E-state index < -0.39 is 0 Å². The number of nitrogens with zero attached hydrogens (tertiary/aromatic N) is 2. The van der Waals surface area contributed by atoms with E-state index in [4.69, 9.17) is 16.7 Å². The van der Waals surface area contributed by atoms with Crippen LogP contribution in [-0.4, -0.2) is 22.2 Å². The molecule has 1 amide bonds. The van der Waals surface area contributed by atoms with Crippen LogP contribution in [-0.2, 0) is 6.42 Å². The smallest absolute Gasteiger partial charge is 0.272 e. The average molecular weight is 547 g/mol. The van der Waals surface area contributed by atoms with Crippen LogP contribution in [0.25, 0.3) is 17.0 Å². The first-order valence-corrected chi connectivity index (χ1v) is 14.0. The summed E-state index contributed by atoms with van der Waals surface area (Å²) in [7, 11) is 0. The van der Waals surface area contributed by atoms with Crippen LogP contribution in [0.3, 0.4) is 0 Å². The zero-order chi connectivity index (χ0) is 23.1. The summed E-state index contributed by atoms with van der Waals surface area (Å²) in [5.41, 5.74) is 5.06. The fourth-order valence-corrected chi connectivity index (χ4v) is 8.72. The lowest BCUT2D eigenvalue weighted by Crippen LogP contribution is -2.54. The molecule has 0 saturated heterocycles. The van der Waals surface area contributed by atoms with Crippen LogP contribution in [0, 0.1) is 29.1 Å². The highest BCUT2D eigenvalue weighted by molar-refractivity contribution is 9.11. The Morgan fingerprint density at radius 2 is 2.21 bits per heavy atom. The van der Waals surface area contributed by atoms with Gasteiger partial charge in [-0.2, -0.15) is 5.10 Å². The summed E-state index contributed by atoms with van der Waals surface area (Å²) in [5, 5.41) is 8.84. The Morgan fingerprint density at radius 3 is 2.94 bits per heavy atom. The topological polar surface area (TPSA) is 46.9 Å². The van der Waals surface area contributed by atoms with E-state index in [1.54, 1.807) is 11.3 Å². The summed E-state index contributed by atoms with van der Waals surface area (Å²) in [6.45, 7) is 7.71. The quantitative estimate of drug-likeness (QED) is 0.380. The minimum Gasteiger partial charge on any atom is -0.350 e. The Kier molecular flexibility index (Phi) is 5.24. The Balaban J connectivity index is 1.31. The Hall–Kier alpha value is -1.37. The summed E-state index contributed by atoms with van der Waals surface area (Å²) >= 11 is 12.0. The zero-order valence-corrected chi connectivity index (χ0v) is 22.4. The molecule has 0 aliphatic heterocycles. The maximum Gasteiger partial charge on any atom is 0.272 e. The highest BCUT2D eigenvalue weighted by Crippen LogP contribution is 2.61. The predicted molar refractivity (Wildman–Crippen MR) is 138 cm³/mol. The number of halogens is 2. The second-order valence-corrected chi connectivity index (χ2v) is 13.8. The molecule has 7 rings (SSSR count). The molecule has 174 valence electrons. The summed E-state index contributed by atoms with van der Waals surface area (Å²) in [6.07, 6.45) is 9.74. The molecule has 5 aliphatic carbocycles. The molecule has 2 heterocycles. The number of hydrogen-bond donors (Lipinski definition) is 1. The molecule has 0 radical (unpaired) electrons. The molecule has 2 aromatic rings. The molecule has 4 nitrogen and oxygen atoms in total. The van der Waals surface area contributed by atoms with Gasteiger partial charge in [0.1, 0.15) is 0 Å². The molecule has 1 N–H and O–H groups in total. The lowest BCUT2D eigenvalue weighted by Gasteiger charge is -2.60. The van der Waals surface area contributed by atoms with Crippen LogP contribution in [0.4, 0.5) is 0 Å². The third kappa shape index (κ3) is 3.42. The number of hydrogen-bond acceptors (Lipinski definition) is 3. The van der Waals surface area contributed by atoms with Crippen molar-refractivity contribution in [1.29, 1.82) is 0 Å². The van der Waals surface area contributed by atoms with E-state index in [0.29, 0.717) is 28.0 Å². The Bertz CT molecular complexity index is 1220. The van der Waals surface area contributed by atoms with Crippen molar-refractivity contribution in [3.8, 4) is 11.3 Å². The predicted octanol–water partition coefficient (Wildman–Crippen LogP) is 7.08. The number of amides is 1. The van der Waals surface area contributed by atoms with Gasteiger partial charge >= 0.3 is 0 Å². The summed E-state index contributed by atoms with van der Waals surface area (Å²) < 4.78 is 3.02. The van der Waals surface area contributed by atoms with E-state index in [1.807, 2.05) is 4.68 Å². The van der Waals surface area contributed by atoms with Crippen LogP contribution >= 0.6 is 38.9 Å². The zero-order valence-electron chi connectivity index (χ0n) is 19.3. The van der Waals surface area contributed by atoms with Gasteiger partial charge in [0.25, 0.3) is 5.91 Å². The molecule has 7 heteroatoms. The second-order valence-electron chi connectivity index (χ2n) is 10.9. The molecule has 3 saturated carbocycles. The van der Waals surface area contributed by atoms with Gasteiger partial charge in [0, 0.05) is 29.0 Å². The lowest BCUT2D eigenvalue weighted by molar-refractivity contribution is -0.103. The van der Waals surface area contributed by atoms with Crippen molar-refractivity contribution >= 4 is 50.5 Å². The number of aromatic nitrogens is 2. The van der Waals surface area contributed by atoms with Crippen LogP contribution in [0.15, 0.2) is 27.0 Å². The van der Waals surface area contributed by atoms with Gasteiger partial charge in [0.15, 0.2) is 5.69 Å². The SMILES string of the molecule is CC1C=C(Cl)C(n2nc(C(=O)NCC3CCC4CC3C4(C)C)c3c2-c2cc(Br)sc2C3)=CC1. The molecule has 2 bridgehead atoms. The Labute approximate surface area is 212 Å². The number of carbonyl (C=O) groups is 1. The highest BCUT2D eigenvalue weighted by Gasteiger charge is 2.54. The average Bonchev–Trinajstić information content (AvgIpc) is 3.41. The number of rotatable bonds is 4. The number of thiophene rings is 1. The first-order valence-electron chi connectivity index (χ1n) is 12.0. The minimum absolute atomic E-state index is 0.0525. The van der Waals surface area contributed by atoms with Crippen molar-refractivity contribution in [2.75, 3.05) is 6.54 Å². The highest BCUT2D eigenvalue weighted by atomic mass is 79.9. The van der Waals surface area contributed by atoms with Crippen LogP contribution < -0.4 is 5.32 Å². The molecular weight excluding hydrogens is 518 g/mol. The van der Waals surface area contributed by atoms with Gasteiger partial charge in [-0.3, -0.25) is 4.79 Å². The fourth-order valence-electron chi connectivity index (χ4n) is 6.64. The third-order valence-electron chi connectivity index (χ3n) is 8.68. The molecule has 4 atom stereocenters. The largest absolute Gasteiger partial charge is 0.350 e. The van der Waals surface area contributed by atoms with E-state index in [0.717, 1.165) is 57.5 Å². The molecule has 3 fully saturated rings. The minimum atomic E-state index is -0.0525. The number of nitrogens with one attached hydrogen (secondary N) is 1. The molecule has 33 heavy (non-hydrogen) atoms. The van der Waals surface area contributed by atoms with Crippen molar-refractivity contribution < 1.29 is 4.79 Å². The second kappa shape index (κ2) is 7.82. The molecular formula is C26H29BrClN3OS. The Morgan fingerprint density at radius 1 is 1.39 bits per heavy atom. The molecule has 0 spiro atoms. The van der Waals surface area contributed by atoms with Crippen molar-refractivity contribution in [1.82, 2.24) is 15.1 Å². The first-order chi connectivity index (χ1) is 15.7. The number of carbonyl (C=O) groups excluding carboxylic acids is 1. The van der Waals surface area contributed by atoms with Crippen LogP contribution in [0.2, 0.25) is 0 Å².